The Morgan fingerprint density at radius 3 is 2.32 bits per heavy atom. The van der Waals surface area contributed by atoms with E-state index in [1.807, 2.05) is 0 Å². The van der Waals surface area contributed by atoms with Crippen LogP contribution in [0.3, 0.4) is 0 Å². The number of nitrogens with one attached hydrogen (secondary N) is 1. The minimum atomic E-state index is -4.38. The first kappa shape index (κ1) is 16.8. The lowest BCUT2D eigenvalue weighted by Crippen LogP contribution is -2.41. The van der Waals surface area contributed by atoms with E-state index in [1.54, 1.807) is 12.2 Å². The highest BCUT2D eigenvalue weighted by atomic mass is 19.3. The summed E-state index contributed by atoms with van der Waals surface area (Å²) in [6.07, 6.45) is 1.70. The van der Waals surface area contributed by atoms with Crippen LogP contribution in [0.4, 0.5) is 17.6 Å². The number of amides is 1. The molecule has 1 N–H and O–H groups in total. The SMILES string of the molecule is O=C(NC1CC1)[C@H]1CC=CC[C@H]1C(=O)OCC(F)(F)C(F)F. The number of hydrogen-bond acceptors (Lipinski definition) is 3. The number of rotatable bonds is 6. The standard InChI is InChI=1S/C14H17F4NO3/c15-13(16)14(17,18)7-22-12(21)10-4-2-1-3-9(10)11(20)19-8-5-6-8/h1-2,8-10,13H,3-7H2,(H,19,20)/t9-,10+/m0/s1. The van der Waals surface area contributed by atoms with Gasteiger partial charge >= 0.3 is 18.3 Å². The summed E-state index contributed by atoms with van der Waals surface area (Å²) in [7, 11) is 0. The zero-order valence-corrected chi connectivity index (χ0v) is 11.7. The molecule has 0 heterocycles. The van der Waals surface area contributed by atoms with Crippen LogP contribution in [0, 0.1) is 11.8 Å². The number of carbonyl (C=O) groups excluding carboxylic acids is 2. The highest BCUT2D eigenvalue weighted by Crippen LogP contribution is 2.30. The minimum absolute atomic E-state index is 0.109. The number of halogens is 4. The third kappa shape index (κ3) is 4.20. The Kier molecular flexibility index (Phi) is 5.08. The highest BCUT2D eigenvalue weighted by molar-refractivity contribution is 5.86. The molecule has 1 saturated carbocycles. The molecule has 0 aliphatic heterocycles. The molecule has 0 aromatic carbocycles. The molecule has 4 nitrogen and oxygen atoms in total. The summed E-state index contributed by atoms with van der Waals surface area (Å²) in [5, 5.41) is 2.75. The van der Waals surface area contributed by atoms with Crippen molar-refractivity contribution < 1.29 is 31.9 Å². The van der Waals surface area contributed by atoms with Gasteiger partial charge in [0.1, 0.15) is 0 Å². The van der Waals surface area contributed by atoms with E-state index in [9.17, 15) is 27.2 Å². The third-order valence-corrected chi connectivity index (χ3v) is 3.72. The van der Waals surface area contributed by atoms with Crippen LogP contribution in [0.1, 0.15) is 25.7 Å². The Morgan fingerprint density at radius 1 is 1.18 bits per heavy atom. The van der Waals surface area contributed by atoms with Gasteiger partial charge in [-0.3, -0.25) is 9.59 Å². The van der Waals surface area contributed by atoms with Gasteiger partial charge in [-0.25, -0.2) is 8.78 Å². The van der Waals surface area contributed by atoms with E-state index in [-0.39, 0.29) is 18.4 Å². The number of hydrogen-bond donors (Lipinski definition) is 1. The molecule has 0 aromatic heterocycles. The summed E-state index contributed by atoms with van der Waals surface area (Å²) in [6, 6.07) is 0.109. The summed E-state index contributed by atoms with van der Waals surface area (Å²) < 4.78 is 54.0. The molecule has 124 valence electrons. The molecular weight excluding hydrogens is 306 g/mol. The van der Waals surface area contributed by atoms with Crippen molar-refractivity contribution >= 4 is 11.9 Å². The van der Waals surface area contributed by atoms with Crippen molar-refractivity contribution in [1.29, 1.82) is 0 Å². The van der Waals surface area contributed by atoms with Crippen LogP contribution in [0.15, 0.2) is 12.2 Å². The van der Waals surface area contributed by atoms with Crippen LogP contribution in [-0.4, -0.2) is 36.9 Å². The normalized spacial score (nSPS) is 25.1. The van der Waals surface area contributed by atoms with Gasteiger partial charge in [0.2, 0.25) is 5.91 Å². The number of alkyl halides is 4. The summed E-state index contributed by atoms with van der Waals surface area (Å²) in [5.41, 5.74) is 0. The van der Waals surface area contributed by atoms with Crippen molar-refractivity contribution in [3.63, 3.8) is 0 Å². The van der Waals surface area contributed by atoms with Gasteiger partial charge in [-0.15, -0.1) is 0 Å². The van der Waals surface area contributed by atoms with Gasteiger partial charge in [0.05, 0.1) is 11.8 Å². The molecule has 2 aliphatic rings. The van der Waals surface area contributed by atoms with Crippen molar-refractivity contribution in [3.05, 3.63) is 12.2 Å². The fourth-order valence-electron chi connectivity index (χ4n) is 2.24. The van der Waals surface area contributed by atoms with E-state index >= 15 is 0 Å². The summed E-state index contributed by atoms with van der Waals surface area (Å²) in [6.45, 7) is -1.68. The second-order valence-corrected chi connectivity index (χ2v) is 5.61. The van der Waals surface area contributed by atoms with Crippen molar-refractivity contribution in [2.75, 3.05) is 6.61 Å². The first-order valence-corrected chi connectivity index (χ1v) is 7.09. The van der Waals surface area contributed by atoms with Crippen LogP contribution in [0.25, 0.3) is 0 Å². The Hall–Kier alpha value is -1.60. The Morgan fingerprint density at radius 2 is 1.77 bits per heavy atom. The largest absolute Gasteiger partial charge is 0.459 e. The lowest BCUT2D eigenvalue weighted by Gasteiger charge is -2.26. The number of allylic oxidation sites excluding steroid dienone is 2. The van der Waals surface area contributed by atoms with Gasteiger partial charge in [-0.1, -0.05) is 12.2 Å². The summed E-state index contributed by atoms with van der Waals surface area (Å²) >= 11 is 0. The minimum Gasteiger partial charge on any atom is -0.459 e. The molecule has 1 fully saturated rings. The monoisotopic (exact) mass is 323 g/mol. The average molecular weight is 323 g/mol. The Labute approximate surface area is 124 Å². The first-order chi connectivity index (χ1) is 10.3. The Balaban J connectivity index is 1.93. The van der Waals surface area contributed by atoms with Crippen LogP contribution in [0.5, 0.6) is 0 Å². The van der Waals surface area contributed by atoms with E-state index < -0.39 is 36.8 Å². The van der Waals surface area contributed by atoms with Crippen LogP contribution in [0.2, 0.25) is 0 Å². The first-order valence-electron chi connectivity index (χ1n) is 7.09. The molecule has 0 aromatic rings. The maximum absolute atomic E-state index is 12.8. The maximum atomic E-state index is 12.8. The lowest BCUT2D eigenvalue weighted by molar-refractivity contribution is -0.184. The fourth-order valence-corrected chi connectivity index (χ4v) is 2.24. The molecule has 0 unspecified atom stereocenters. The molecule has 2 atom stereocenters. The van der Waals surface area contributed by atoms with Crippen molar-refractivity contribution in [1.82, 2.24) is 5.32 Å². The Bertz CT molecular complexity index is 463. The maximum Gasteiger partial charge on any atom is 0.340 e. The van der Waals surface area contributed by atoms with Gasteiger partial charge in [-0.2, -0.15) is 8.78 Å². The molecule has 1 amide bonds. The molecule has 0 bridgehead atoms. The second-order valence-electron chi connectivity index (χ2n) is 5.61. The van der Waals surface area contributed by atoms with Gasteiger partial charge in [0, 0.05) is 6.04 Å². The molecule has 22 heavy (non-hydrogen) atoms. The predicted molar refractivity (Wildman–Crippen MR) is 68.4 cm³/mol. The molecule has 8 heteroatoms. The summed E-state index contributed by atoms with van der Waals surface area (Å²) in [4.78, 5) is 23.9. The van der Waals surface area contributed by atoms with Crippen LogP contribution in [-0.2, 0) is 14.3 Å². The van der Waals surface area contributed by atoms with Gasteiger partial charge in [-0.05, 0) is 25.7 Å². The topological polar surface area (TPSA) is 55.4 Å². The van der Waals surface area contributed by atoms with Crippen molar-refractivity contribution in [2.45, 2.75) is 44.1 Å². The summed E-state index contributed by atoms with van der Waals surface area (Å²) in [5.74, 6) is -7.38. The molecular formula is C14H17F4NO3. The molecule has 2 aliphatic carbocycles. The van der Waals surface area contributed by atoms with Crippen LogP contribution < -0.4 is 5.32 Å². The smallest absolute Gasteiger partial charge is 0.340 e. The molecule has 0 saturated heterocycles. The zero-order valence-electron chi connectivity index (χ0n) is 11.7. The van der Waals surface area contributed by atoms with E-state index in [4.69, 9.17) is 0 Å². The quantitative estimate of drug-likeness (QED) is 0.463. The zero-order chi connectivity index (χ0) is 16.3. The number of ether oxygens (including phenoxy) is 1. The van der Waals surface area contributed by atoms with E-state index in [0.29, 0.717) is 6.42 Å². The van der Waals surface area contributed by atoms with Gasteiger partial charge in [0.25, 0.3) is 0 Å². The van der Waals surface area contributed by atoms with Crippen molar-refractivity contribution in [3.8, 4) is 0 Å². The van der Waals surface area contributed by atoms with Gasteiger partial charge in [0.15, 0.2) is 6.61 Å². The molecule has 0 spiro atoms. The van der Waals surface area contributed by atoms with Crippen LogP contribution >= 0.6 is 0 Å². The predicted octanol–water partition coefficient (Wildman–Crippen LogP) is 2.29. The fraction of sp³-hybridized carbons (Fsp3) is 0.714. The van der Waals surface area contributed by atoms with E-state index in [1.165, 1.54) is 0 Å². The number of esters is 1. The third-order valence-electron chi connectivity index (χ3n) is 3.72. The second kappa shape index (κ2) is 6.66. The number of carbonyl (C=O) groups is 2. The van der Waals surface area contributed by atoms with Gasteiger partial charge < -0.3 is 10.1 Å². The van der Waals surface area contributed by atoms with E-state index in [2.05, 4.69) is 10.1 Å². The average Bonchev–Trinajstić information content (AvgIpc) is 3.28. The molecule has 2 rings (SSSR count). The van der Waals surface area contributed by atoms with E-state index in [0.717, 1.165) is 12.8 Å². The van der Waals surface area contributed by atoms with Crippen molar-refractivity contribution in [2.24, 2.45) is 11.8 Å². The lowest BCUT2D eigenvalue weighted by atomic mass is 9.82. The highest BCUT2D eigenvalue weighted by Gasteiger charge is 2.44. The molecule has 0 radical (unpaired) electrons.